The van der Waals surface area contributed by atoms with Crippen LogP contribution in [0.4, 0.5) is 0 Å². The normalized spacial score (nSPS) is 12.0. The summed E-state index contributed by atoms with van der Waals surface area (Å²) < 4.78 is 0. The van der Waals surface area contributed by atoms with Gasteiger partial charge in [-0.15, -0.1) is 11.6 Å². The van der Waals surface area contributed by atoms with E-state index in [0.29, 0.717) is 17.8 Å². The Bertz CT molecular complexity index is 81.6. The van der Waals surface area contributed by atoms with E-state index in [0.717, 1.165) is 13.1 Å². The second kappa shape index (κ2) is 5.84. The third-order valence-electron chi connectivity index (χ3n) is 1.42. The molecular formula is C9H20ClN. The van der Waals surface area contributed by atoms with Crippen LogP contribution >= 0.6 is 11.6 Å². The van der Waals surface area contributed by atoms with Crippen LogP contribution in [0.2, 0.25) is 0 Å². The molecule has 11 heavy (non-hydrogen) atoms. The lowest BCUT2D eigenvalue weighted by atomic mass is 10.1. The van der Waals surface area contributed by atoms with E-state index in [-0.39, 0.29) is 0 Å². The second-order valence-electron chi connectivity index (χ2n) is 3.94. The zero-order chi connectivity index (χ0) is 8.85. The molecule has 1 nitrogen and oxygen atoms in total. The molecule has 0 rings (SSSR count). The van der Waals surface area contributed by atoms with Gasteiger partial charge in [-0.05, 0) is 11.8 Å². The smallest absolute Gasteiger partial charge is 0.0738 e. The Morgan fingerprint density at radius 2 is 1.36 bits per heavy atom. The van der Waals surface area contributed by atoms with Crippen LogP contribution in [0.3, 0.4) is 0 Å². The van der Waals surface area contributed by atoms with E-state index in [1.165, 1.54) is 0 Å². The van der Waals surface area contributed by atoms with E-state index in [9.17, 15) is 0 Å². The Labute approximate surface area is 75.7 Å². The van der Waals surface area contributed by atoms with Gasteiger partial charge in [-0.1, -0.05) is 27.7 Å². The number of hydrogen-bond acceptors (Lipinski definition) is 1. The average Bonchev–Trinajstić information content (AvgIpc) is 1.84. The molecule has 0 radical (unpaired) electrons. The maximum absolute atomic E-state index is 5.78. The van der Waals surface area contributed by atoms with Crippen molar-refractivity contribution in [2.24, 2.45) is 11.8 Å². The van der Waals surface area contributed by atoms with Crippen molar-refractivity contribution < 1.29 is 0 Å². The summed E-state index contributed by atoms with van der Waals surface area (Å²) in [5, 5.41) is 0. The summed E-state index contributed by atoms with van der Waals surface area (Å²) in [5.41, 5.74) is 0. The first kappa shape index (κ1) is 11.2. The van der Waals surface area contributed by atoms with Crippen LogP contribution in [0.25, 0.3) is 0 Å². The van der Waals surface area contributed by atoms with Crippen LogP contribution in [0.15, 0.2) is 0 Å². The summed E-state index contributed by atoms with van der Waals surface area (Å²) in [6.45, 7) is 11.1. The monoisotopic (exact) mass is 177 g/mol. The Morgan fingerprint density at radius 1 is 1.00 bits per heavy atom. The van der Waals surface area contributed by atoms with Gasteiger partial charge in [0, 0.05) is 13.1 Å². The highest BCUT2D eigenvalue weighted by Gasteiger charge is 2.06. The van der Waals surface area contributed by atoms with Gasteiger partial charge in [0.05, 0.1) is 6.00 Å². The SMILES string of the molecule is CC(C)CN(CCl)CC(C)C. The highest BCUT2D eigenvalue weighted by molar-refractivity contribution is 6.17. The molecule has 2 heteroatoms. The van der Waals surface area contributed by atoms with Crippen LogP contribution in [0.5, 0.6) is 0 Å². The molecule has 0 aromatic heterocycles. The van der Waals surface area contributed by atoms with E-state index in [1.807, 2.05) is 0 Å². The molecule has 0 heterocycles. The highest BCUT2D eigenvalue weighted by atomic mass is 35.5. The maximum Gasteiger partial charge on any atom is 0.0738 e. The molecule has 0 bridgehead atoms. The van der Waals surface area contributed by atoms with Crippen LogP contribution in [-0.4, -0.2) is 24.0 Å². The first-order valence-corrected chi connectivity index (χ1v) is 4.88. The predicted octanol–water partition coefficient (Wildman–Crippen LogP) is 2.80. The number of rotatable bonds is 5. The van der Waals surface area contributed by atoms with Crippen LogP contribution in [0.1, 0.15) is 27.7 Å². The van der Waals surface area contributed by atoms with E-state index in [1.54, 1.807) is 0 Å². The summed E-state index contributed by atoms with van der Waals surface area (Å²) in [6.07, 6.45) is 0. The topological polar surface area (TPSA) is 3.24 Å². The molecule has 0 aliphatic carbocycles. The third kappa shape index (κ3) is 6.64. The van der Waals surface area contributed by atoms with Crippen LogP contribution in [0, 0.1) is 11.8 Å². The van der Waals surface area contributed by atoms with Gasteiger partial charge in [0.15, 0.2) is 0 Å². The largest absolute Gasteiger partial charge is 0.289 e. The Hall–Kier alpha value is 0.250. The Balaban J connectivity index is 3.58. The lowest BCUT2D eigenvalue weighted by Gasteiger charge is -2.23. The van der Waals surface area contributed by atoms with Crippen molar-refractivity contribution in [3.63, 3.8) is 0 Å². The summed E-state index contributed by atoms with van der Waals surface area (Å²) in [7, 11) is 0. The molecule has 0 saturated heterocycles. The zero-order valence-electron chi connectivity index (χ0n) is 8.10. The fourth-order valence-electron chi connectivity index (χ4n) is 1.20. The summed E-state index contributed by atoms with van der Waals surface area (Å²) in [6, 6.07) is 0.663. The first-order chi connectivity index (χ1) is 5.06. The van der Waals surface area contributed by atoms with Gasteiger partial charge >= 0.3 is 0 Å². The molecule has 0 aliphatic heterocycles. The fraction of sp³-hybridized carbons (Fsp3) is 1.00. The van der Waals surface area contributed by atoms with E-state index in [4.69, 9.17) is 11.6 Å². The number of halogens is 1. The molecule has 0 fully saturated rings. The summed E-state index contributed by atoms with van der Waals surface area (Å²) in [5.74, 6) is 1.43. The summed E-state index contributed by atoms with van der Waals surface area (Å²) in [4.78, 5) is 2.29. The van der Waals surface area contributed by atoms with Crippen molar-refractivity contribution in [3.05, 3.63) is 0 Å². The minimum Gasteiger partial charge on any atom is -0.289 e. The minimum atomic E-state index is 0.663. The number of nitrogens with zero attached hydrogens (tertiary/aromatic N) is 1. The Kier molecular flexibility index (Phi) is 5.98. The van der Waals surface area contributed by atoms with Gasteiger partial charge in [-0.3, -0.25) is 4.90 Å². The van der Waals surface area contributed by atoms with E-state index < -0.39 is 0 Å². The maximum atomic E-state index is 5.78. The molecule has 0 amide bonds. The molecule has 68 valence electrons. The average molecular weight is 178 g/mol. The lowest BCUT2D eigenvalue weighted by molar-refractivity contribution is 0.253. The van der Waals surface area contributed by atoms with Gasteiger partial charge in [0.2, 0.25) is 0 Å². The highest BCUT2D eigenvalue weighted by Crippen LogP contribution is 2.03. The minimum absolute atomic E-state index is 0.663. The first-order valence-electron chi connectivity index (χ1n) is 4.34. The second-order valence-corrected chi connectivity index (χ2v) is 4.18. The standard InChI is InChI=1S/C9H20ClN/c1-8(2)5-11(7-10)6-9(3)4/h8-9H,5-7H2,1-4H3. The fourth-order valence-corrected chi connectivity index (χ4v) is 1.40. The van der Waals surface area contributed by atoms with E-state index in [2.05, 4.69) is 32.6 Å². The molecule has 0 N–H and O–H groups in total. The molecule has 0 atom stereocenters. The van der Waals surface area contributed by atoms with Crippen molar-refractivity contribution in [2.75, 3.05) is 19.1 Å². The molecule has 0 spiro atoms. The molecule has 0 aromatic carbocycles. The zero-order valence-corrected chi connectivity index (χ0v) is 8.86. The van der Waals surface area contributed by atoms with Gasteiger partial charge in [0.1, 0.15) is 0 Å². The van der Waals surface area contributed by atoms with Gasteiger partial charge in [0.25, 0.3) is 0 Å². The molecule has 0 unspecified atom stereocenters. The van der Waals surface area contributed by atoms with Gasteiger partial charge < -0.3 is 0 Å². The number of alkyl halides is 1. The molecule has 0 aromatic rings. The van der Waals surface area contributed by atoms with E-state index >= 15 is 0 Å². The summed E-state index contributed by atoms with van der Waals surface area (Å²) >= 11 is 5.78. The van der Waals surface area contributed by atoms with Crippen LogP contribution < -0.4 is 0 Å². The van der Waals surface area contributed by atoms with Crippen molar-refractivity contribution in [2.45, 2.75) is 27.7 Å². The van der Waals surface area contributed by atoms with Crippen LogP contribution in [-0.2, 0) is 0 Å². The molecule has 0 saturated carbocycles. The van der Waals surface area contributed by atoms with Crippen molar-refractivity contribution in [3.8, 4) is 0 Å². The number of hydrogen-bond donors (Lipinski definition) is 0. The third-order valence-corrected chi connectivity index (χ3v) is 1.75. The molecule has 0 aliphatic rings. The van der Waals surface area contributed by atoms with Crippen molar-refractivity contribution >= 4 is 11.6 Å². The van der Waals surface area contributed by atoms with Crippen molar-refractivity contribution in [1.29, 1.82) is 0 Å². The van der Waals surface area contributed by atoms with Gasteiger partial charge in [-0.2, -0.15) is 0 Å². The van der Waals surface area contributed by atoms with Gasteiger partial charge in [-0.25, -0.2) is 0 Å². The lowest BCUT2D eigenvalue weighted by Crippen LogP contribution is -2.30. The predicted molar refractivity (Wildman–Crippen MR) is 52.0 cm³/mol. The molecular weight excluding hydrogens is 158 g/mol. The Morgan fingerprint density at radius 3 is 1.55 bits per heavy atom. The quantitative estimate of drug-likeness (QED) is 0.461. The van der Waals surface area contributed by atoms with Crippen molar-refractivity contribution in [1.82, 2.24) is 4.90 Å².